The summed E-state index contributed by atoms with van der Waals surface area (Å²) in [6.07, 6.45) is 0.871. The van der Waals surface area contributed by atoms with Crippen molar-refractivity contribution >= 4 is 28.7 Å². The zero-order chi connectivity index (χ0) is 17.8. The van der Waals surface area contributed by atoms with Crippen molar-refractivity contribution < 1.29 is 26.5 Å². The molecule has 9 heteroatoms. The van der Waals surface area contributed by atoms with E-state index >= 15 is 0 Å². The molecule has 0 aromatic heterocycles. The fraction of sp³-hybridized carbons (Fsp3) is 0.533. The van der Waals surface area contributed by atoms with Crippen LogP contribution in [0.4, 0.5) is 4.39 Å². The predicted octanol–water partition coefficient (Wildman–Crippen LogP) is 1.38. The summed E-state index contributed by atoms with van der Waals surface area (Å²) in [5, 5.41) is 0. The van der Waals surface area contributed by atoms with Gasteiger partial charge in [-0.25, -0.2) is 4.39 Å². The van der Waals surface area contributed by atoms with Gasteiger partial charge in [0.1, 0.15) is 6.61 Å². The van der Waals surface area contributed by atoms with E-state index < -0.39 is 27.2 Å². The number of carbonyl (C=O) groups excluding carboxylic acids is 1. The highest BCUT2D eigenvalue weighted by molar-refractivity contribution is 7.87. The third-order valence-corrected chi connectivity index (χ3v) is 4.89. The average Bonchev–Trinajstić information content (AvgIpc) is 2.87. The van der Waals surface area contributed by atoms with Crippen LogP contribution < -0.4 is 0 Å². The normalized spacial score (nSPS) is 23.1. The lowest BCUT2D eigenvalue weighted by molar-refractivity contribution is -0.146. The second-order valence-corrected chi connectivity index (χ2v) is 7.86. The van der Waals surface area contributed by atoms with Crippen LogP contribution in [0.25, 0.3) is 0 Å². The molecule has 0 aliphatic carbocycles. The van der Waals surface area contributed by atoms with E-state index in [1.807, 2.05) is 30.3 Å². The minimum absolute atomic E-state index is 0.0304. The van der Waals surface area contributed by atoms with Gasteiger partial charge in [0, 0.05) is 13.1 Å². The standard InChI is InChI=1S/C15H20FNO5S2/c1-24(19,20)22-14(23)15(16)7-8-17(11-15)9-13(18)21-10-12-5-3-2-4-6-12/h2-6,14,23H,7-11H2,1H3. The van der Waals surface area contributed by atoms with Crippen molar-refractivity contribution in [2.45, 2.75) is 24.1 Å². The van der Waals surface area contributed by atoms with Crippen molar-refractivity contribution in [3.63, 3.8) is 0 Å². The molecule has 2 rings (SSSR count). The Morgan fingerprint density at radius 2 is 2.08 bits per heavy atom. The number of rotatable bonds is 7. The Bertz CT molecular complexity index is 670. The number of halogens is 1. The van der Waals surface area contributed by atoms with Gasteiger partial charge in [-0.15, -0.1) is 12.6 Å². The van der Waals surface area contributed by atoms with E-state index in [0.29, 0.717) is 6.54 Å². The Morgan fingerprint density at radius 1 is 1.42 bits per heavy atom. The number of alkyl halides is 1. The van der Waals surface area contributed by atoms with Gasteiger partial charge >= 0.3 is 5.97 Å². The number of likely N-dealkylation sites (tertiary alicyclic amines) is 1. The third-order valence-electron chi connectivity index (χ3n) is 3.63. The molecule has 1 aromatic rings. The molecular weight excluding hydrogens is 357 g/mol. The Labute approximate surface area is 146 Å². The molecule has 0 radical (unpaired) electrons. The summed E-state index contributed by atoms with van der Waals surface area (Å²) in [6.45, 7) is 0.233. The minimum atomic E-state index is -3.81. The Kier molecular flexibility index (Phi) is 6.24. The summed E-state index contributed by atoms with van der Waals surface area (Å²) < 4.78 is 46.7. The van der Waals surface area contributed by atoms with Gasteiger partial charge in [-0.1, -0.05) is 30.3 Å². The highest BCUT2D eigenvalue weighted by Crippen LogP contribution is 2.33. The number of esters is 1. The largest absolute Gasteiger partial charge is 0.460 e. The van der Waals surface area contributed by atoms with E-state index in [-0.39, 0.29) is 26.1 Å². The maximum atomic E-state index is 14.7. The number of hydrogen-bond acceptors (Lipinski definition) is 7. The molecule has 0 saturated carbocycles. The molecule has 2 atom stereocenters. The van der Waals surface area contributed by atoms with Crippen molar-refractivity contribution in [2.24, 2.45) is 0 Å². The number of hydrogen-bond donors (Lipinski definition) is 1. The van der Waals surface area contributed by atoms with Crippen LogP contribution in [0.5, 0.6) is 0 Å². The first kappa shape index (κ1) is 19.2. The number of carbonyl (C=O) groups is 1. The molecule has 0 amide bonds. The maximum absolute atomic E-state index is 14.7. The van der Waals surface area contributed by atoms with Gasteiger partial charge in [-0.3, -0.25) is 13.9 Å². The van der Waals surface area contributed by atoms with E-state index in [9.17, 15) is 17.6 Å². The highest BCUT2D eigenvalue weighted by Gasteiger charge is 2.46. The molecule has 1 heterocycles. The number of thiol groups is 1. The topological polar surface area (TPSA) is 72.9 Å². The van der Waals surface area contributed by atoms with Gasteiger partial charge in [-0.05, 0) is 12.0 Å². The van der Waals surface area contributed by atoms with Crippen LogP contribution in [0.15, 0.2) is 30.3 Å². The molecule has 6 nitrogen and oxygen atoms in total. The van der Waals surface area contributed by atoms with Crippen LogP contribution in [-0.4, -0.2) is 56.3 Å². The van der Waals surface area contributed by atoms with Gasteiger partial charge in [0.15, 0.2) is 11.1 Å². The van der Waals surface area contributed by atoms with E-state index in [2.05, 4.69) is 16.8 Å². The number of ether oxygens (including phenoxy) is 1. The van der Waals surface area contributed by atoms with Crippen LogP contribution in [0.1, 0.15) is 12.0 Å². The highest BCUT2D eigenvalue weighted by atomic mass is 32.2. The predicted molar refractivity (Wildman–Crippen MR) is 89.8 cm³/mol. The molecule has 24 heavy (non-hydrogen) atoms. The quantitative estimate of drug-likeness (QED) is 0.335. The third kappa shape index (κ3) is 5.73. The van der Waals surface area contributed by atoms with Crippen LogP contribution in [0.3, 0.4) is 0 Å². The van der Waals surface area contributed by atoms with Crippen LogP contribution in [-0.2, 0) is 30.4 Å². The molecule has 1 aliphatic rings. The smallest absolute Gasteiger partial charge is 0.320 e. The zero-order valence-electron chi connectivity index (χ0n) is 13.2. The Hall–Kier alpha value is -1.16. The molecule has 1 fully saturated rings. The lowest BCUT2D eigenvalue weighted by atomic mass is 10.1. The zero-order valence-corrected chi connectivity index (χ0v) is 14.9. The summed E-state index contributed by atoms with van der Waals surface area (Å²) >= 11 is 3.91. The molecule has 1 aliphatic heterocycles. The van der Waals surface area contributed by atoms with E-state index in [0.717, 1.165) is 11.8 Å². The monoisotopic (exact) mass is 377 g/mol. The molecular formula is C15H20FNO5S2. The SMILES string of the molecule is CS(=O)(=O)OC(S)C1(F)CCN(CC(=O)OCc2ccccc2)C1. The summed E-state index contributed by atoms with van der Waals surface area (Å²) in [5.74, 6) is -0.470. The van der Waals surface area contributed by atoms with Gasteiger partial charge in [0.05, 0.1) is 12.8 Å². The first-order chi connectivity index (χ1) is 11.2. The first-order valence-electron chi connectivity index (χ1n) is 7.35. The lowest BCUT2D eigenvalue weighted by Gasteiger charge is -2.25. The van der Waals surface area contributed by atoms with Crippen LogP contribution in [0.2, 0.25) is 0 Å². The second kappa shape index (κ2) is 7.81. The van der Waals surface area contributed by atoms with Crippen LogP contribution >= 0.6 is 12.6 Å². The van der Waals surface area contributed by atoms with Crippen molar-refractivity contribution in [3.8, 4) is 0 Å². The molecule has 134 valence electrons. The fourth-order valence-corrected chi connectivity index (χ4v) is 3.61. The molecule has 0 bridgehead atoms. The summed E-state index contributed by atoms with van der Waals surface area (Å²) in [7, 11) is -3.81. The van der Waals surface area contributed by atoms with E-state index in [1.54, 1.807) is 4.90 Å². The number of nitrogens with zero attached hydrogens (tertiary/aromatic N) is 1. The maximum Gasteiger partial charge on any atom is 0.320 e. The van der Waals surface area contributed by atoms with Gasteiger partial charge in [-0.2, -0.15) is 8.42 Å². The fourth-order valence-electron chi connectivity index (χ4n) is 2.43. The van der Waals surface area contributed by atoms with Crippen molar-refractivity contribution in [1.82, 2.24) is 4.90 Å². The van der Waals surface area contributed by atoms with Gasteiger partial charge in [0.25, 0.3) is 10.1 Å². The summed E-state index contributed by atoms with van der Waals surface area (Å²) in [4.78, 5) is 13.4. The lowest BCUT2D eigenvalue weighted by Crippen LogP contribution is -2.41. The summed E-state index contributed by atoms with van der Waals surface area (Å²) in [6, 6.07) is 9.22. The number of benzene rings is 1. The molecule has 0 N–H and O–H groups in total. The molecule has 1 aromatic carbocycles. The van der Waals surface area contributed by atoms with E-state index in [1.165, 1.54) is 0 Å². The van der Waals surface area contributed by atoms with Crippen LogP contribution in [0, 0.1) is 0 Å². The molecule has 2 unspecified atom stereocenters. The van der Waals surface area contributed by atoms with Gasteiger partial charge in [0.2, 0.25) is 0 Å². The van der Waals surface area contributed by atoms with Crippen molar-refractivity contribution in [3.05, 3.63) is 35.9 Å². The first-order valence-corrected chi connectivity index (χ1v) is 9.68. The van der Waals surface area contributed by atoms with Gasteiger partial charge < -0.3 is 4.74 Å². The summed E-state index contributed by atoms with van der Waals surface area (Å²) in [5.41, 5.74) is -2.48. The minimum Gasteiger partial charge on any atom is -0.460 e. The van der Waals surface area contributed by atoms with Crippen molar-refractivity contribution in [1.29, 1.82) is 0 Å². The second-order valence-electron chi connectivity index (χ2n) is 5.79. The Balaban J connectivity index is 1.81. The van der Waals surface area contributed by atoms with Crippen molar-refractivity contribution in [2.75, 3.05) is 25.9 Å². The Morgan fingerprint density at radius 3 is 2.71 bits per heavy atom. The average molecular weight is 377 g/mol. The van der Waals surface area contributed by atoms with E-state index in [4.69, 9.17) is 4.74 Å². The molecule has 0 spiro atoms. The molecule has 1 saturated heterocycles.